The minimum Gasteiger partial charge on any atom is -0.496 e. The Kier molecular flexibility index (Phi) is 10.8. The van der Waals surface area contributed by atoms with Gasteiger partial charge in [0, 0.05) is 18.0 Å². The van der Waals surface area contributed by atoms with E-state index in [1.54, 1.807) is 23.5 Å². The van der Waals surface area contributed by atoms with Crippen LogP contribution in [0.3, 0.4) is 0 Å². The highest BCUT2D eigenvalue weighted by atomic mass is 127. The maximum Gasteiger partial charge on any atom is 0.341 e. The molecule has 1 heterocycles. The number of nitrogens with one attached hydrogen (secondary N) is 2. The first-order valence-corrected chi connectivity index (χ1v) is 9.35. The summed E-state index contributed by atoms with van der Waals surface area (Å²) in [5, 5.41) is 8.64. The lowest BCUT2D eigenvalue weighted by molar-refractivity contribution is 0.0597. The molecule has 2 N–H and O–H groups in total. The van der Waals surface area contributed by atoms with Crippen LogP contribution in [-0.2, 0) is 17.7 Å². The lowest BCUT2D eigenvalue weighted by atomic mass is 10.1. The summed E-state index contributed by atoms with van der Waals surface area (Å²) in [6.45, 7) is 4.06. The van der Waals surface area contributed by atoms with Crippen LogP contribution >= 0.6 is 35.3 Å². The Morgan fingerprint density at radius 2 is 2.04 bits per heavy atom. The van der Waals surface area contributed by atoms with Crippen LogP contribution in [0, 0.1) is 0 Å². The number of guanidine groups is 1. The number of ether oxygens (including phenoxy) is 2. The van der Waals surface area contributed by atoms with Crippen molar-refractivity contribution in [1.29, 1.82) is 0 Å². The van der Waals surface area contributed by atoms with E-state index in [2.05, 4.69) is 33.1 Å². The summed E-state index contributed by atoms with van der Waals surface area (Å²) in [5.74, 6) is 0.818. The van der Waals surface area contributed by atoms with Crippen LogP contribution in [0.1, 0.15) is 27.7 Å². The molecule has 0 aliphatic rings. The second-order valence-electron chi connectivity index (χ2n) is 5.48. The first kappa shape index (κ1) is 23.2. The molecular formula is C19H26IN3O3S. The number of esters is 1. The Labute approximate surface area is 181 Å². The molecule has 0 unspecified atom stereocenters. The van der Waals surface area contributed by atoms with Gasteiger partial charge in [-0.3, -0.25) is 0 Å². The Morgan fingerprint density at radius 3 is 2.67 bits per heavy atom. The average molecular weight is 503 g/mol. The minimum atomic E-state index is -0.423. The van der Waals surface area contributed by atoms with Crippen LogP contribution in [0.25, 0.3) is 0 Å². The molecule has 0 saturated carbocycles. The average Bonchev–Trinajstić information content (AvgIpc) is 3.18. The molecule has 0 radical (unpaired) electrons. The summed E-state index contributed by atoms with van der Waals surface area (Å²) in [5.41, 5.74) is 1.31. The van der Waals surface area contributed by atoms with Crippen LogP contribution in [0.4, 0.5) is 0 Å². The van der Waals surface area contributed by atoms with Gasteiger partial charge in [-0.15, -0.1) is 35.3 Å². The third kappa shape index (κ3) is 7.37. The van der Waals surface area contributed by atoms with Crippen molar-refractivity contribution in [3.05, 3.63) is 51.7 Å². The van der Waals surface area contributed by atoms with Crippen molar-refractivity contribution in [2.24, 2.45) is 4.99 Å². The van der Waals surface area contributed by atoms with Crippen LogP contribution in [-0.4, -0.2) is 39.2 Å². The fourth-order valence-electron chi connectivity index (χ4n) is 2.39. The Morgan fingerprint density at radius 1 is 1.22 bits per heavy atom. The molecule has 0 fully saturated rings. The molecule has 148 valence electrons. The number of thiophene rings is 1. The third-order valence-electron chi connectivity index (χ3n) is 3.68. The summed E-state index contributed by atoms with van der Waals surface area (Å²) in [6.07, 6.45) is 0.955. The summed E-state index contributed by atoms with van der Waals surface area (Å²) in [6, 6.07) is 9.59. The molecule has 2 aromatic rings. The van der Waals surface area contributed by atoms with Crippen molar-refractivity contribution in [3.63, 3.8) is 0 Å². The van der Waals surface area contributed by atoms with E-state index in [1.807, 2.05) is 13.0 Å². The molecule has 8 heteroatoms. The molecular weight excluding hydrogens is 477 g/mol. The van der Waals surface area contributed by atoms with Gasteiger partial charge in [0.2, 0.25) is 0 Å². The van der Waals surface area contributed by atoms with Gasteiger partial charge in [0.05, 0.1) is 20.8 Å². The predicted octanol–water partition coefficient (Wildman–Crippen LogP) is 3.46. The van der Waals surface area contributed by atoms with Gasteiger partial charge in [-0.25, -0.2) is 9.79 Å². The Balaban J connectivity index is 0.00000364. The highest BCUT2D eigenvalue weighted by Gasteiger charge is 2.13. The van der Waals surface area contributed by atoms with Gasteiger partial charge in [-0.05, 0) is 42.5 Å². The van der Waals surface area contributed by atoms with Gasteiger partial charge in [0.25, 0.3) is 0 Å². The number of carbonyl (C=O) groups is 1. The van der Waals surface area contributed by atoms with E-state index in [1.165, 1.54) is 19.1 Å². The van der Waals surface area contributed by atoms with Crippen molar-refractivity contribution in [1.82, 2.24) is 10.6 Å². The molecule has 27 heavy (non-hydrogen) atoms. The molecule has 0 aliphatic heterocycles. The van der Waals surface area contributed by atoms with Gasteiger partial charge >= 0.3 is 5.97 Å². The first-order chi connectivity index (χ1) is 12.7. The lowest BCUT2D eigenvalue weighted by Gasteiger charge is -2.12. The Hall–Kier alpha value is -1.81. The van der Waals surface area contributed by atoms with E-state index in [0.29, 0.717) is 17.9 Å². The van der Waals surface area contributed by atoms with E-state index >= 15 is 0 Å². The van der Waals surface area contributed by atoms with E-state index in [4.69, 9.17) is 9.47 Å². The molecule has 0 spiro atoms. The summed E-state index contributed by atoms with van der Waals surface area (Å²) < 4.78 is 10.0. The van der Waals surface area contributed by atoms with Crippen molar-refractivity contribution < 1.29 is 14.3 Å². The molecule has 0 bridgehead atoms. The van der Waals surface area contributed by atoms with E-state index in [9.17, 15) is 4.79 Å². The zero-order valence-corrected chi connectivity index (χ0v) is 18.9. The van der Waals surface area contributed by atoms with Crippen molar-refractivity contribution in [2.45, 2.75) is 19.9 Å². The number of rotatable bonds is 8. The number of hydrogen-bond donors (Lipinski definition) is 2. The number of benzene rings is 1. The number of aliphatic imine (C=N–C) groups is 1. The topological polar surface area (TPSA) is 72.0 Å². The van der Waals surface area contributed by atoms with Crippen LogP contribution in [0.5, 0.6) is 5.75 Å². The van der Waals surface area contributed by atoms with Crippen LogP contribution in [0.2, 0.25) is 0 Å². The van der Waals surface area contributed by atoms with Crippen LogP contribution < -0.4 is 15.4 Å². The van der Waals surface area contributed by atoms with Gasteiger partial charge in [0.1, 0.15) is 11.3 Å². The molecule has 0 saturated heterocycles. The van der Waals surface area contributed by atoms with Crippen LogP contribution in [0.15, 0.2) is 40.7 Å². The van der Waals surface area contributed by atoms with E-state index < -0.39 is 5.97 Å². The second-order valence-corrected chi connectivity index (χ2v) is 6.51. The fraction of sp³-hybridized carbons (Fsp3) is 0.368. The summed E-state index contributed by atoms with van der Waals surface area (Å²) in [4.78, 5) is 17.8. The summed E-state index contributed by atoms with van der Waals surface area (Å²) >= 11 is 1.75. The first-order valence-electron chi connectivity index (χ1n) is 8.47. The van der Waals surface area contributed by atoms with Gasteiger partial charge < -0.3 is 20.1 Å². The number of hydrogen-bond acceptors (Lipinski definition) is 5. The fourth-order valence-corrected chi connectivity index (χ4v) is 3.10. The highest BCUT2D eigenvalue weighted by Crippen LogP contribution is 2.21. The SMILES string of the molecule is CCNC(=NCc1ccc(OC)c(C(=O)OC)c1)NCCc1cccs1.I. The molecule has 0 aliphatic carbocycles. The largest absolute Gasteiger partial charge is 0.496 e. The molecule has 1 aromatic carbocycles. The molecule has 1 aromatic heterocycles. The van der Waals surface area contributed by atoms with Crippen molar-refractivity contribution >= 4 is 47.2 Å². The molecule has 6 nitrogen and oxygen atoms in total. The van der Waals surface area contributed by atoms with Crippen molar-refractivity contribution in [3.8, 4) is 5.75 Å². The zero-order valence-electron chi connectivity index (χ0n) is 15.8. The number of carbonyl (C=O) groups excluding carboxylic acids is 1. The predicted molar refractivity (Wildman–Crippen MR) is 121 cm³/mol. The molecule has 0 atom stereocenters. The van der Waals surface area contributed by atoms with Gasteiger partial charge in [-0.1, -0.05) is 12.1 Å². The molecule has 2 rings (SSSR count). The number of nitrogens with zero attached hydrogens (tertiary/aromatic N) is 1. The minimum absolute atomic E-state index is 0. The normalized spacial score (nSPS) is 10.7. The maximum absolute atomic E-state index is 11.9. The third-order valence-corrected chi connectivity index (χ3v) is 4.61. The molecule has 0 amide bonds. The quantitative estimate of drug-likeness (QED) is 0.250. The smallest absolute Gasteiger partial charge is 0.341 e. The van der Waals surface area contributed by atoms with Gasteiger partial charge in [0.15, 0.2) is 5.96 Å². The number of halogens is 1. The van der Waals surface area contributed by atoms with E-state index in [-0.39, 0.29) is 24.0 Å². The summed E-state index contributed by atoms with van der Waals surface area (Å²) in [7, 11) is 2.88. The second kappa shape index (κ2) is 12.6. The highest BCUT2D eigenvalue weighted by molar-refractivity contribution is 14.0. The van der Waals surface area contributed by atoms with Gasteiger partial charge in [-0.2, -0.15) is 0 Å². The van der Waals surface area contributed by atoms with E-state index in [0.717, 1.165) is 31.0 Å². The number of methoxy groups -OCH3 is 2. The Bertz CT molecular complexity index is 736. The van der Waals surface area contributed by atoms with Crippen molar-refractivity contribution in [2.75, 3.05) is 27.3 Å². The zero-order chi connectivity index (χ0) is 18.8. The lowest BCUT2D eigenvalue weighted by Crippen LogP contribution is -2.38. The standard InChI is InChI=1S/C19H25N3O3S.HI/c1-4-20-19(21-10-9-15-6-5-11-26-15)22-13-14-7-8-17(24-2)16(12-14)18(23)25-3;/h5-8,11-12H,4,9-10,13H2,1-3H3,(H2,20,21,22);1H. The maximum atomic E-state index is 11.9. The monoisotopic (exact) mass is 503 g/mol.